The van der Waals surface area contributed by atoms with Crippen LogP contribution < -0.4 is 28.6 Å². The molecule has 1 N–H and O–H groups in total. The van der Waals surface area contributed by atoms with E-state index < -0.39 is 28.5 Å². The summed E-state index contributed by atoms with van der Waals surface area (Å²) in [5.74, 6) is 0.154. The zero-order valence-corrected chi connectivity index (χ0v) is 27.8. The molecule has 0 saturated carbocycles. The predicted octanol–water partition coefficient (Wildman–Crippen LogP) is 4.56. The van der Waals surface area contributed by atoms with Crippen LogP contribution in [0.5, 0.6) is 23.0 Å². The van der Waals surface area contributed by atoms with Crippen molar-refractivity contribution in [2.75, 3.05) is 45.8 Å². The molecule has 0 fully saturated rings. The minimum absolute atomic E-state index is 0.0792. The van der Waals surface area contributed by atoms with Gasteiger partial charge in [-0.1, -0.05) is 43.2 Å². The predicted molar refractivity (Wildman–Crippen MR) is 173 cm³/mol. The van der Waals surface area contributed by atoms with Crippen molar-refractivity contribution in [1.29, 1.82) is 0 Å². The van der Waals surface area contributed by atoms with E-state index in [0.717, 1.165) is 28.3 Å². The Morgan fingerprint density at radius 3 is 2.18 bits per heavy atom. The van der Waals surface area contributed by atoms with E-state index in [9.17, 15) is 18.0 Å². The highest BCUT2D eigenvalue weighted by atomic mass is 32.2. The molecule has 3 aromatic carbocycles. The lowest BCUT2D eigenvalue weighted by molar-refractivity contribution is -0.139. The second-order valence-electron chi connectivity index (χ2n) is 10.4. The van der Waals surface area contributed by atoms with Crippen molar-refractivity contribution in [2.45, 2.75) is 51.1 Å². The third kappa shape index (κ3) is 8.59. The van der Waals surface area contributed by atoms with Crippen molar-refractivity contribution in [3.63, 3.8) is 0 Å². The third-order valence-corrected chi connectivity index (χ3v) is 9.06. The molecular formula is C33H43N3O8S. The number of rotatable bonds is 16. The Kier molecular flexibility index (Phi) is 12.5. The second-order valence-corrected chi connectivity index (χ2v) is 12.3. The number of benzene rings is 3. The Hall–Kier alpha value is -4.45. The monoisotopic (exact) mass is 641 g/mol. The summed E-state index contributed by atoms with van der Waals surface area (Å²) in [7, 11) is 1.27. The number of anilines is 1. The first-order valence-corrected chi connectivity index (χ1v) is 16.0. The molecule has 0 saturated heterocycles. The fourth-order valence-electron chi connectivity index (χ4n) is 4.74. The van der Waals surface area contributed by atoms with Crippen molar-refractivity contribution in [3.05, 3.63) is 71.8 Å². The normalized spacial score (nSPS) is 11.7. The van der Waals surface area contributed by atoms with Crippen LogP contribution in [0.2, 0.25) is 0 Å². The summed E-state index contributed by atoms with van der Waals surface area (Å²) in [4.78, 5) is 28.7. The Balaban J connectivity index is 2.15. The van der Waals surface area contributed by atoms with E-state index in [1.807, 2.05) is 38.1 Å². The number of nitrogens with one attached hydrogen (secondary N) is 1. The van der Waals surface area contributed by atoms with Gasteiger partial charge in [-0.25, -0.2) is 8.42 Å². The molecule has 0 aliphatic carbocycles. The molecule has 244 valence electrons. The van der Waals surface area contributed by atoms with Gasteiger partial charge < -0.3 is 29.2 Å². The smallest absolute Gasteiger partial charge is 0.265 e. The number of carbonyl (C=O) groups excluding carboxylic acids is 2. The SMILES string of the molecule is CCCCNC(=O)[C@@H](C)N(Cc1cccc(C)c1)C(=O)CN(c1cc(OC)ccc1OC)S(=O)(=O)c1ccc(OC)c(OC)c1. The Bertz CT molecular complexity index is 1580. The number of carbonyl (C=O) groups is 2. The summed E-state index contributed by atoms with van der Waals surface area (Å²) in [6.07, 6.45) is 1.68. The Morgan fingerprint density at radius 2 is 1.56 bits per heavy atom. The molecule has 0 aliphatic heterocycles. The van der Waals surface area contributed by atoms with E-state index in [1.165, 1.54) is 57.6 Å². The first-order valence-electron chi connectivity index (χ1n) is 14.6. The number of ether oxygens (including phenoxy) is 4. The van der Waals surface area contributed by atoms with Gasteiger partial charge in [-0.15, -0.1) is 0 Å². The highest BCUT2D eigenvalue weighted by Gasteiger charge is 2.34. The standard InChI is InChI=1S/C33H43N3O8S/c1-8-9-17-34-33(38)24(3)35(21-25-12-10-11-23(2)18-25)32(37)22-36(28-19-26(41-4)13-15-29(28)42-5)45(39,40)27-14-16-30(43-6)31(20-27)44-7/h10-16,18-20,24H,8-9,17,21-22H2,1-7H3,(H,34,38)/t24-/m1/s1. The maximum absolute atomic E-state index is 14.4. The van der Waals surface area contributed by atoms with Crippen molar-refractivity contribution in [2.24, 2.45) is 0 Å². The number of sulfonamides is 1. The molecule has 3 rings (SSSR count). The summed E-state index contributed by atoms with van der Waals surface area (Å²) in [6, 6.07) is 15.5. The molecule has 0 unspecified atom stereocenters. The second kappa shape index (κ2) is 16.0. The number of nitrogens with zero attached hydrogens (tertiary/aromatic N) is 2. The molecular weight excluding hydrogens is 598 g/mol. The third-order valence-electron chi connectivity index (χ3n) is 7.31. The molecule has 0 radical (unpaired) electrons. The van der Waals surface area contributed by atoms with Gasteiger partial charge in [0.2, 0.25) is 11.8 Å². The van der Waals surface area contributed by atoms with Crippen LogP contribution in [-0.2, 0) is 26.2 Å². The zero-order chi connectivity index (χ0) is 33.1. The highest BCUT2D eigenvalue weighted by molar-refractivity contribution is 7.92. The van der Waals surface area contributed by atoms with Crippen molar-refractivity contribution in [1.82, 2.24) is 10.2 Å². The summed E-state index contributed by atoms with van der Waals surface area (Å²) < 4.78 is 51.3. The summed E-state index contributed by atoms with van der Waals surface area (Å²) in [5, 5.41) is 2.89. The number of hydrogen-bond donors (Lipinski definition) is 1. The van der Waals surface area contributed by atoms with Gasteiger partial charge in [-0.3, -0.25) is 13.9 Å². The maximum Gasteiger partial charge on any atom is 0.265 e. The highest BCUT2D eigenvalue weighted by Crippen LogP contribution is 2.37. The Labute approximate surface area is 266 Å². The maximum atomic E-state index is 14.4. The lowest BCUT2D eigenvalue weighted by Crippen LogP contribution is -2.51. The van der Waals surface area contributed by atoms with E-state index in [2.05, 4.69) is 5.32 Å². The molecule has 0 heterocycles. The first-order chi connectivity index (χ1) is 21.5. The van der Waals surface area contributed by atoms with Crippen LogP contribution >= 0.6 is 0 Å². The van der Waals surface area contributed by atoms with Crippen LogP contribution in [0.15, 0.2) is 65.6 Å². The lowest BCUT2D eigenvalue weighted by atomic mass is 10.1. The van der Waals surface area contributed by atoms with Gasteiger partial charge in [0.05, 0.1) is 39.0 Å². The largest absolute Gasteiger partial charge is 0.497 e. The van der Waals surface area contributed by atoms with Crippen molar-refractivity contribution in [3.8, 4) is 23.0 Å². The zero-order valence-electron chi connectivity index (χ0n) is 27.0. The molecule has 0 aliphatic rings. The van der Waals surface area contributed by atoms with Crippen LogP contribution in [-0.4, -0.2) is 72.7 Å². The number of amides is 2. The van der Waals surface area contributed by atoms with Gasteiger partial charge in [-0.05, 0) is 50.1 Å². The number of unbranched alkanes of at least 4 members (excludes halogenated alkanes) is 1. The Morgan fingerprint density at radius 1 is 0.867 bits per heavy atom. The fraction of sp³-hybridized carbons (Fsp3) is 0.394. The van der Waals surface area contributed by atoms with Gasteiger partial charge in [0.15, 0.2) is 11.5 Å². The summed E-state index contributed by atoms with van der Waals surface area (Å²) in [5.41, 5.74) is 1.86. The van der Waals surface area contributed by atoms with Gasteiger partial charge >= 0.3 is 0 Å². The topological polar surface area (TPSA) is 124 Å². The molecule has 45 heavy (non-hydrogen) atoms. The molecule has 2 amide bonds. The lowest BCUT2D eigenvalue weighted by Gasteiger charge is -2.32. The van der Waals surface area contributed by atoms with Crippen molar-refractivity contribution < 1.29 is 37.0 Å². The van der Waals surface area contributed by atoms with E-state index in [0.29, 0.717) is 18.0 Å². The van der Waals surface area contributed by atoms with E-state index in [4.69, 9.17) is 18.9 Å². The van der Waals surface area contributed by atoms with Crippen LogP contribution in [0, 0.1) is 6.92 Å². The molecule has 11 nitrogen and oxygen atoms in total. The molecule has 0 bridgehead atoms. The minimum Gasteiger partial charge on any atom is -0.497 e. The number of aryl methyl sites for hydroxylation is 1. The quantitative estimate of drug-likeness (QED) is 0.226. The van der Waals surface area contributed by atoms with Crippen LogP contribution in [0.1, 0.15) is 37.8 Å². The molecule has 12 heteroatoms. The summed E-state index contributed by atoms with van der Waals surface area (Å²) in [6.45, 7) is 5.49. The van der Waals surface area contributed by atoms with Crippen LogP contribution in [0.4, 0.5) is 5.69 Å². The molecule has 0 spiro atoms. The average molecular weight is 642 g/mol. The molecule has 1 atom stereocenters. The number of methoxy groups -OCH3 is 4. The van der Waals surface area contributed by atoms with Crippen LogP contribution in [0.25, 0.3) is 0 Å². The van der Waals surface area contributed by atoms with Crippen molar-refractivity contribution >= 4 is 27.5 Å². The number of hydrogen-bond acceptors (Lipinski definition) is 8. The van der Waals surface area contributed by atoms with E-state index in [1.54, 1.807) is 19.1 Å². The average Bonchev–Trinajstić information content (AvgIpc) is 3.04. The first kappa shape index (κ1) is 35.0. The molecule has 3 aromatic rings. The summed E-state index contributed by atoms with van der Waals surface area (Å²) >= 11 is 0. The van der Waals surface area contributed by atoms with Crippen LogP contribution in [0.3, 0.4) is 0 Å². The van der Waals surface area contributed by atoms with Gasteiger partial charge in [-0.2, -0.15) is 0 Å². The van der Waals surface area contributed by atoms with E-state index in [-0.39, 0.29) is 34.5 Å². The molecule has 0 aromatic heterocycles. The fourth-order valence-corrected chi connectivity index (χ4v) is 6.17. The van der Waals surface area contributed by atoms with Gasteiger partial charge in [0.1, 0.15) is 24.1 Å². The minimum atomic E-state index is -4.43. The van der Waals surface area contributed by atoms with Gasteiger partial charge in [0, 0.05) is 25.2 Å². The van der Waals surface area contributed by atoms with Gasteiger partial charge in [0.25, 0.3) is 10.0 Å². The van der Waals surface area contributed by atoms with E-state index >= 15 is 0 Å².